The molecule has 4 heteroatoms. The zero-order chi connectivity index (χ0) is 8.10. The normalized spacial score (nSPS) is 7.77. The van der Waals surface area contributed by atoms with Crippen LogP contribution in [0.5, 0.6) is 5.75 Å². The van der Waals surface area contributed by atoms with Gasteiger partial charge in [-0.05, 0) is 12.1 Å². The number of para-hydroxylation sites is 1. The van der Waals surface area contributed by atoms with Crippen molar-refractivity contribution in [2.45, 2.75) is 13.3 Å². The first-order chi connectivity index (χ1) is 5.33. The Morgan fingerprint density at radius 1 is 1.23 bits per heavy atom. The molecular weight excluding hydrogens is 211 g/mol. The second-order valence-corrected chi connectivity index (χ2v) is 2.14. The highest BCUT2D eigenvalue weighted by atomic mass is 35.5. The van der Waals surface area contributed by atoms with E-state index in [0.717, 1.165) is 0 Å². The van der Waals surface area contributed by atoms with E-state index in [2.05, 4.69) is 0 Å². The summed E-state index contributed by atoms with van der Waals surface area (Å²) in [6.07, 6.45) is 0.412. The van der Waals surface area contributed by atoms with E-state index >= 15 is 0 Å². The van der Waals surface area contributed by atoms with Gasteiger partial charge in [0.1, 0.15) is 5.75 Å². The summed E-state index contributed by atoms with van der Waals surface area (Å²) >= 11 is 0. The van der Waals surface area contributed by atoms with Crippen LogP contribution in [0.2, 0.25) is 0 Å². The van der Waals surface area contributed by atoms with Crippen LogP contribution >= 0.6 is 24.8 Å². The molecule has 13 heavy (non-hydrogen) atoms. The van der Waals surface area contributed by atoms with Gasteiger partial charge in [0, 0.05) is 6.42 Å². The number of esters is 1. The van der Waals surface area contributed by atoms with Crippen molar-refractivity contribution in [2.24, 2.45) is 0 Å². The van der Waals surface area contributed by atoms with Gasteiger partial charge in [-0.3, -0.25) is 4.79 Å². The number of hydrogen-bond donors (Lipinski definition) is 0. The fourth-order valence-corrected chi connectivity index (χ4v) is 0.692. The molecule has 0 aliphatic rings. The Morgan fingerprint density at radius 2 is 1.77 bits per heavy atom. The third-order valence-corrected chi connectivity index (χ3v) is 1.26. The van der Waals surface area contributed by atoms with Crippen molar-refractivity contribution in [1.82, 2.24) is 0 Å². The van der Waals surface area contributed by atoms with Crippen LogP contribution in [-0.4, -0.2) is 5.97 Å². The van der Waals surface area contributed by atoms with Gasteiger partial charge in [-0.2, -0.15) is 0 Å². The number of hydrogen-bond acceptors (Lipinski definition) is 2. The summed E-state index contributed by atoms with van der Waals surface area (Å²) in [4.78, 5) is 10.8. The van der Waals surface area contributed by atoms with Gasteiger partial charge in [-0.25, -0.2) is 0 Å². The molecule has 0 spiro atoms. The number of ether oxygens (including phenoxy) is 1. The molecule has 0 radical (unpaired) electrons. The van der Waals surface area contributed by atoms with E-state index in [9.17, 15) is 4.79 Å². The van der Waals surface area contributed by atoms with Crippen molar-refractivity contribution in [1.29, 1.82) is 0 Å². The summed E-state index contributed by atoms with van der Waals surface area (Å²) in [5.41, 5.74) is 0. The first-order valence-electron chi connectivity index (χ1n) is 3.58. The predicted octanol–water partition coefficient (Wildman–Crippen LogP) is 2.85. The quantitative estimate of drug-likeness (QED) is 0.569. The summed E-state index contributed by atoms with van der Waals surface area (Å²) in [6, 6.07) is 9.06. The molecule has 0 N–H and O–H groups in total. The van der Waals surface area contributed by atoms with Crippen LogP contribution in [0.3, 0.4) is 0 Å². The van der Waals surface area contributed by atoms with Gasteiger partial charge < -0.3 is 4.74 Å². The number of rotatable bonds is 2. The molecular formula is C9H12Cl2O2. The Bertz CT molecular complexity index is 237. The summed E-state index contributed by atoms with van der Waals surface area (Å²) in [5, 5.41) is 0. The number of benzene rings is 1. The molecule has 2 nitrogen and oxygen atoms in total. The van der Waals surface area contributed by atoms with Gasteiger partial charge in [0.15, 0.2) is 0 Å². The van der Waals surface area contributed by atoms with Gasteiger partial charge >= 0.3 is 5.97 Å². The van der Waals surface area contributed by atoms with Crippen LogP contribution in [0.15, 0.2) is 30.3 Å². The van der Waals surface area contributed by atoms with E-state index in [1.165, 1.54) is 0 Å². The van der Waals surface area contributed by atoms with Crippen molar-refractivity contribution in [3.8, 4) is 5.75 Å². The molecule has 0 amide bonds. The molecule has 0 heterocycles. The van der Waals surface area contributed by atoms with E-state index < -0.39 is 0 Å². The van der Waals surface area contributed by atoms with Gasteiger partial charge in [0.2, 0.25) is 0 Å². The first-order valence-corrected chi connectivity index (χ1v) is 3.58. The molecule has 74 valence electrons. The van der Waals surface area contributed by atoms with Crippen molar-refractivity contribution >= 4 is 30.8 Å². The van der Waals surface area contributed by atoms with Crippen molar-refractivity contribution in [3.05, 3.63) is 30.3 Å². The molecule has 0 saturated carbocycles. The van der Waals surface area contributed by atoms with Gasteiger partial charge in [0.25, 0.3) is 0 Å². The topological polar surface area (TPSA) is 26.3 Å². The predicted molar refractivity (Wildman–Crippen MR) is 56.9 cm³/mol. The highest BCUT2D eigenvalue weighted by molar-refractivity contribution is 5.85. The molecule has 0 aliphatic heterocycles. The lowest BCUT2D eigenvalue weighted by Gasteiger charge is -1.99. The van der Waals surface area contributed by atoms with Crippen LogP contribution in [0.1, 0.15) is 13.3 Å². The lowest BCUT2D eigenvalue weighted by Crippen LogP contribution is -2.04. The van der Waals surface area contributed by atoms with Crippen molar-refractivity contribution in [3.63, 3.8) is 0 Å². The van der Waals surface area contributed by atoms with E-state index in [1.54, 1.807) is 19.1 Å². The molecule has 0 aliphatic carbocycles. The van der Waals surface area contributed by atoms with Gasteiger partial charge in [0.05, 0.1) is 0 Å². The summed E-state index contributed by atoms with van der Waals surface area (Å²) in [5.74, 6) is 0.413. The second-order valence-electron chi connectivity index (χ2n) is 2.14. The molecule has 0 fully saturated rings. The minimum absolute atomic E-state index is 0. The second kappa shape index (κ2) is 7.90. The maximum atomic E-state index is 10.8. The number of carbonyl (C=O) groups excluding carboxylic acids is 1. The maximum Gasteiger partial charge on any atom is 0.310 e. The molecule has 1 aromatic carbocycles. The Labute approximate surface area is 90.1 Å². The Kier molecular flexibility index (Phi) is 8.97. The smallest absolute Gasteiger partial charge is 0.310 e. The molecule has 1 aromatic rings. The largest absolute Gasteiger partial charge is 0.427 e. The first kappa shape index (κ1) is 14.8. The average molecular weight is 223 g/mol. The summed E-state index contributed by atoms with van der Waals surface area (Å²) in [7, 11) is 0. The SMILES string of the molecule is CCC(=O)Oc1ccccc1.Cl.Cl. The van der Waals surface area contributed by atoms with Crippen LogP contribution in [-0.2, 0) is 4.79 Å². The van der Waals surface area contributed by atoms with E-state index in [-0.39, 0.29) is 30.8 Å². The molecule has 0 aromatic heterocycles. The molecule has 0 saturated heterocycles. The fourth-order valence-electron chi connectivity index (χ4n) is 0.692. The average Bonchev–Trinajstić information content (AvgIpc) is 2.06. The van der Waals surface area contributed by atoms with E-state index in [0.29, 0.717) is 12.2 Å². The maximum absolute atomic E-state index is 10.8. The molecule has 0 bridgehead atoms. The van der Waals surface area contributed by atoms with Crippen molar-refractivity contribution < 1.29 is 9.53 Å². The highest BCUT2D eigenvalue weighted by Gasteiger charge is 1.98. The zero-order valence-electron chi connectivity index (χ0n) is 7.23. The standard InChI is InChI=1S/C9H10O2.2ClH/c1-2-9(10)11-8-6-4-3-5-7-8;;/h3-7H,2H2,1H3;2*1H. The van der Waals surface area contributed by atoms with Crippen LogP contribution in [0.4, 0.5) is 0 Å². The minimum Gasteiger partial charge on any atom is -0.427 e. The minimum atomic E-state index is -0.198. The van der Waals surface area contributed by atoms with Crippen molar-refractivity contribution in [2.75, 3.05) is 0 Å². The van der Waals surface area contributed by atoms with E-state index in [4.69, 9.17) is 4.74 Å². The van der Waals surface area contributed by atoms with Gasteiger partial charge in [-0.15, -0.1) is 24.8 Å². The molecule has 0 unspecified atom stereocenters. The molecule has 0 atom stereocenters. The fraction of sp³-hybridized carbons (Fsp3) is 0.222. The lowest BCUT2D eigenvalue weighted by molar-refractivity contribution is -0.134. The van der Waals surface area contributed by atoms with Gasteiger partial charge in [-0.1, -0.05) is 25.1 Å². The monoisotopic (exact) mass is 222 g/mol. The Hall–Kier alpha value is -0.730. The number of carbonyl (C=O) groups is 1. The zero-order valence-corrected chi connectivity index (χ0v) is 8.86. The van der Waals surface area contributed by atoms with Crippen LogP contribution in [0, 0.1) is 0 Å². The van der Waals surface area contributed by atoms with Crippen LogP contribution < -0.4 is 4.74 Å². The summed E-state index contributed by atoms with van der Waals surface area (Å²) < 4.78 is 4.92. The Balaban J connectivity index is 0. The molecule has 1 rings (SSSR count). The van der Waals surface area contributed by atoms with E-state index in [1.807, 2.05) is 18.2 Å². The van der Waals surface area contributed by atoms with Crippen LogP contribution in [0.25, 0.3) is 0 Å². The third-order valence-electron chi connectivity index (χ3n) is 1.26. The Morgan fingerprint density at radius 3 is 2.23 bits per heavy atom. The highest BCUT2D eigenvalue weighted by Crippen LogP contribution is 2.08. The summed E-state index contributed by atoms with van der Waals surface area (Å²) in [6.45, 7) is 1.77. The third kappa shape index (κ3) is 5.50. The number of halogens is 2. The lowest BCUT2D eigenvalue weighted by atomic mass is 10.3.